The first-order valence-corrected chi connectivity index (χ1v) is 12.8. The van der Waals surface area contributed by atoms with E-state index in [2.05, 4.69) is 9.80 Å². The number of carbonyl (C=O) groups is 2. The van der Waals surface area contributed by atoms with Gasteiger partial charge in [0.1, 0.15) is 13.2 Å². The SMILES string of the molecule is Cc1c(C(O)CN2CC3COCC(C2)N3CC(O)c2ccc3c(c2C)COC3=O)ccc2c1COC2=O. The molecule has 2 fully saturated rings. The van der Waals surface area contributed by atoms with Crippen molar-refractivity contribution in [1.29, 1.82) is 0 Å². The lowest BCUT2D eigenvalue weighted by Crippen LogP contribution is -2.65. The molecule has 0 spiro atoms. The normalized spacial score (nSPS) is 24.9. The second kappa shape index (κ2) is 9.49. The Morgan fingerprint density at radius 3 is 1.81 bits per heavy atom. The number of benzene rings is 2. The molecule has 6 rings (SSSR count). The van der Waals surface area contributed by atoms with Crippen molar-refractivity contribution in [2.24, 2.45) is 0 Å². The molecule has 0 aromatic heterocycles. The summed E-state index contributed by atoms with van der Waals surface area (Å²) in [6, 6.07) is 7.37. The number of esters is 2. The van der Waals surface area contributed by atoms with Crippen molar-refractivity contribution >= 4 is 11.9 Å². The first-order valence-electron chi connectivity index (χ1n) is 12.8. The zero-order chi connectivity index (χ0) is 25.8. The quantitative estimate of drug-likeness (QED) is 0.565. The first-order chi connectivity index (χ1) is 17.8. The number of aliphatic hydroxyl groups excluding tert-OH is 2. The Labute approximate surface area is 215 Å². The van der Waals surface area contributed by atoms with Gasteiger partial charge < -0.3 is 24.4 Å². The van der Waals surface area contributed by atoms with Gasteiger partial charge in [0.05, 0.1) is 36.5 Å². The Hall–Kier alpha value is -2.82. The summed E-state index contributed by atoms with van der Waals surface area (Å²) in [5.41, 5.74) is 6.38. The second-order valence-corrected chi connectivity index (χ2v) is 10.6. The summed E-state index contributed by atoms with van der Waals surface area (Å²) in [5, 5.41) is 22.3. The van der Waals surface area contributed by atoms with Gasteiger partial charge in [-0.2, -0.15) is 0 Å². The third-order valence-electron chi connectivity index (χ3n) is 8.45. The van der Waals surface area contributed by atoms with Crippen LogP contribution in [0.15, 0.2) is 24.3 Å². The lowest BCUT2D eigenvalue weighted by Gasteiger charge is -2.50. The minimum absolute atomic E-state index is 0.0983. The predicted molar refractivity (Wildman–Crippen MR) is 132 cm³/mol. The van der Waals surface area contributed by atoms with E-state index in [1.165, 1.54) is 0 Å². The highest BCUT2D eigenvalue weighted by molar-refractivity contribution is 5.94. The van der Waals surface area contributed by atoms with Gasteiger partial charge in [-0.3, -0.25) is 9.80 Å². The van der Waals surface area contributed by atoms with Gasteiger partial charge in [-0.05, 0) is 48.2 Å². The Bertz CT molecular complexity index is 1250. The van der Waals surface area contributed by atoms with Crippen molar-refractivity contribution in [2.75, 3.05) is 39.4 Å². The minimum Gasteiger partial charge on any atom is -0.457 e. The molecule has 2 saturated heterocycles. The maximum absolute atomic E-state index is 11.9. The number of β-amino-alcohol motifs (C(OH)–C–C–N with tert-alkyl or cyclic N) is 1. The zero-order valence-corrected chi connectivity index (χ0v) is 21.1. The van der Waals surface area contributed by atoms with Crippen molar-refractivity contribution in [3.8, 4) is 0 Å². The van der Waals surface area contributed by atoms with Crippen LogP contribution in [0.1, 0.15) is 66.3 Å². The molecule has 2 bridgehead atoms. The van der Waals surface area contributed by atoms with Crippen LogP contribution < -0.4 is 0 Å². The van der Waals surface area contributed by atoms with E-state index < -0.39 is 12.2 Å². The number of cyclic esters (lactones) is 2. The highest BCUT2D eigenvalue weighted by Gasteiger charge is 2.40. The Morgan fingerprint density at radius 1 is 0.811 bits per heavy atom. The fourth-order valence-corrected chi connectivity index (χ4v) is 6.36. The van der Waals surface area contributed by atoms with E-state index in [9.17, 15) is 19.8 Å². The van der Waals surface area contributed by atoms with E-state index in [-0.39, 0.29) is 37.2 Å². The van der Waals surface area contributed by atoms with Crippen LogP contribution in [0, 0.1) is 13.8 Å². The van der Waals surface area contributed by atoms with Crippen LogP contribution in [0.25, 0.3) is 0 Å². The van der Waals surface area contributed by atoms with Gasteiger partial charge in [-0.15, -0.1) is 0 Å². The van der Waals surface area contributed by atoms with Crippen LogP contribution in [0.5, 0.6) is 0 Å². The summed E-state index contributed by atoms with van der Waals surface area (Å²) in [6.45, 7) is 7.92. The van der Waals surface area contributed by atoms with Gasteiger partial charge in [0.2, 0.25) is 0 Å². The smallest absolute Gasteiger partial charge is 0.338 e. The number of hydrogen-bond acceptors (Lipinski definition) is 9. The Balaban J connectivity index is 1.13. The van der Waals surface area contributed by atoms with Crippen molar-refractivity contribution < 1.29 is 34.0 Å². The van der Waals surface area contributed by atoms with Gasteiger partial charge >= 0.3 is 11.9 Å². The minimum atomic E-state index is -0.694. The van der Waals surface area contributed by atoms with Crippen LogP contribution in [-0.4, -0.2) is 83.4 Å². The third-order valence-corrected chi connectivity index (χ3v) is 8.45. The van der Waals surface area contributed by atoms with Crippen molar-refractivity contribution in [1.82, 2.24) is 9.80 Å². The average Bonchev–Trinajstić information content (AvgIpc) is 3.43. The fourth-order valence-electron chi connectivity index (χ4n) is 6.36. The Kier molecular flexibility index (Phi) is 6.29. The van der Waals surface area contributed by atoms with E-state index in [4.69, 9.17) is 14.2 Å². The standard InChI is InChI=1S/C28H32N2O7/c1-15-19(3-5-21-23(15)13-36-27(21)33)25(31)9-29-7-17-11-35-12-18(8-29)30(17)10-26(32)20-4-6-22-24(16(20)2)14-37-28(22)34/h3-6,17-18,25-26,31-32H,7-14H2,1-2H3. The van der Waals surface area contributed by atoms with E-state index in [1.807, 2.05) is 26.0 Å². The van der Waals surface area contributed by atoms with E-state index in [0.717, 1.165) is 46.5 Å². The molecule has 4 atom stereocenters. The molecule has 0 aliphatic carbocycles. The number of rotatable bonds is 6. The summed E-state index contributed by atoms with van der Waals surface area (Å²) < 4.78 is 16.2. The molecule has 4 heterocycles. The van der Waals surface area contributed by atoms with Crippen LogP contribution >= 0.6 is 0 Å². The topological polar surface area (TPSA) is 109 Å². The highest BCUT2D eigenvalue weighted by Crippen LogP contribution is 2.33. The van der Waals surface area contributed by atoms with Gasteiger partial charge in [0.15, 0.2) is 0 Å². The van der Waals surface area contributed by atoms with E-state index >= 15 is 0 Å². The average molecular weight is 509 g/mol. The molecule has 2 N–H and O–H groups in total. The highest BCUT2D eigenvalue weighted by atomic mass is 16.5. The molecule has 0 amide bonds. The Morgan fingerprint density at radius 2 is 1.30 bits per heavy atom. The van der Waals surface area contributed by atoms with E-state index in [1.54, 1.807) is 12.1 Å². The summed E-state index contributed by atoms with van der Waals surface area (Å²) >= 11 is 0. The molecule has 2 aromatic carbocycles. The number of fused-ring (bicyclic) bond motifs is 4. The lowest BCUT2D eigenvalue weighted by molar-refractivity contribution is -0.113. The molecule has 2 aromatic rings. The van der Waals surface area contributed by atoms with Crippen LogP contribution in [0.4, 0.5) is 0 Å². The van der Waals surface area contributed by atoms with Gasteiger partial charge in [-0.1, -0.05) is 12.1 Å². The summed E-state index contributed by atoms with van der Waals surface area (Å²) in [4.78, 5) is 28.3. The van der Waals surface area contributed by atoms with Crippen LogP contribution in [0.3, 0.4) is 0 Å². The largest absolute Gasteiger partial charge is 0.457 e. The molecule has 37 heavy (non-hydrogen) atoms. The number of hydrogen-bond donors (Lipinski definition) is 2. The lowest BCUT2D eigenvalue weighted by atomic mass is 9.93. The van der Waals surface area contributed by atoms with Gasteiger partial charge in [-0.25, -0.2) is 9.59 Å². The van der Waals surface area contributed by atoms with Crippen LogP contribution in [0.2, 0.25) is 0 Å². The summed E-state index contributed by atoms with van der Waals surface area (Å²) in [5.74, 6) is -0.608. The molecule has 9 heteroatoms. The third kappa shape index (κ3) is 4.24. The number of carbonyl (C=O) groups excluding carboxylic acids is 2. The van der Waals surface area contributed by atoms with Gasteiger partial charge in [0.25, 0.3) is 0 Å². The van der Waals surface area contributed by atoms with Crippen molar-refractivity contribution in [3.05, 3.63) is 68.8 Å². The molecule has 0 saturated carbocycles. The first kappa shape index (κ1) is 24.5. The monoisotopic (exact) mass is 508 g/mol. The van der Waals surface area contributed by atoms with Crippen molar-refractivity contribution in [3.63, 3.8) is 0 Å². The van der Waals surface area contributed by atoms with Gasteiger partial charge in [0, 0.05) is 49.4 Å². The van der Waals surface area contributed by atoms with E-state index in [0.29, 0.717) is 37.4 Å². The number of piperazine rings is 1. The number of nitrogens with zero attached hydrogens (tertiary/aromatic N) is 2. The van der Waals surface area contributed by atoms with Crippen molar-refractivity contribution in [2.45, 2.75) is 51.4 Å². The summed E-state index contributed by atoms with van der Waals surface area (Å²) in [6.07, 6.45) is -1.38. The molecule has 4 unspecified atom stereocenters. The fraction of sp³-hybridized carbons (Fsp3) is 0.500. The molecule has 9 nitrogen and oxygen atoms in total. The maximum Gasteiger partial charge on any atom is 0.338 e. The predicted octanol–water partition coefficient (Wildman–Crippen LogP) is 1.80. The molecule has 196 valence electrons. The summed E-state index contributed by atoms with van der Waals surface area (Å²) in [7, 11) is 0. The maximum atomic E-state index is 11.9. The number of morpholine rings is 1. The molecular formula is C28H32N2O7. The zero-order valence-electron chi connectivity index (χ0n) is 21.1. The van der Waals surface area contributed by atoms with Crippen LogP contribution in [-0.2, 0) is 27.4 Å². The second-order valence-electron chi connectivity index (χ2n) is 10.6. The molecule has 0 radical (unpaired) electrons. The number of aliphatic hydroxyl groups is 2. The molecule has 4 aliphatic heterocycles. The molecular weight excluding hydrogens is 476 g/mol. The number of ether oxygens (including phenoxy) is 3. The molecule has 4 aliphatic rings.